The average molecular weight is 406 g/mol. The monoisotopic (exact) mass is 405 g/mol. The van der Waals surface area contributed by atoms with E-state index in [2.05, 4.69) is 26.1 Å². The lowest BCUT2D eigenvalue weighted by Gasteiger charge is -2.14. The zero-order valence-corrected chi connectivity index (χ0v) is 15.2. The van der Waals surface area contributed by atoms with Crippen molar-refractivity contribution in [2.75, 3.05) is 20.2 Å². The SMILES string of the molecule is CN(CCOc1ccccc1F)Cc1nnc(-c2ccccc2Br)o1. The number of ether oxygens (including phenoxy) is 1. The van der Waals surface area contributed by atoms with Crippen molar-refractivity contribution in [2.24, 2.45) is 0 Å². The minimum Gasteiger partial charge on any atom is -0.489 e. The third-order valence-corrected chi connectivity index (χ3v) is 4.24. The van der Waals surface area contributed by atoms with E-state index < -0.39 is 0 Å². The molecule has 2 aromatic carbocycles. The van der Waals surface area contributed by atoms with Crippen molar-refractivity contribution in [3.8, 4) is 17.2 Å². The van der Waals surface area contributed by atoms with Gasteiger partial charge >= 0.3 is 0 Å². The molecule has 0 fully saturated rings. The molecule has 7 heteroatoms. The fourth-order valence-electron chi connectivity index (χ4n) is 2.24. The summed E-state index contributed by atoms with van der Waals surface area (Å²) in [5.41, 5.74) is 0.854. The topological polar surface area (TPSA) is 51.4 Å². The maximum atomic E-state index is 13.5. The number of hydrogen-bond acceptors (Lipinski definition) is 5. The summed E-state index contributed by atoms with van der Waals surface area (Å²) in [6, 6.07) is 14.0. The molecule has 0 saturated carbocycles. The van der Waals surface area contributed by atoms with Gasteiger partial charge in [0.1, 0.15) is 6.61 Å². The Morgan fingerprint density at radius 3 is 2.68 bits per heavy atom. The number of aromatic nitrogens is 2. The lowest BCUT2D eigenvalue weighted by molar-refractivity contribution is 0.215. The molecule has 1 heterocycles. The Bertz CT molecular complexity index is 840. The molecule has 1 aromatic heterocycles. The van der Waals surface area contributed by atoms with Crippen molar-refractivity contribution in [1.82, 2.24) is 15.1 Å². The number of hydrogen-bond donors (Lipinski definition) is 0. The van der Waals surface area contributed by atoms with Gasteiger partial charge in [0.2, 0.25) is 11.8 Å². The second-order valence-corrected chi connectivity index (χ2v) is 6.35. The van der Waals surface area contributed by atoms with E-state index in [1.165, 1.54) is 6.07 Å². The lowest BCUT2D eigenvalue weighted by Crippen LogP contribution is -2.24. The van der Waals surface area contributed by atoms with Crippen molar-refractivity contribution in [2.45, 2.75) is 6.54 Å². The lowest BCUT2D eigenvalue weighted by atomic mass is 10.2. The summed E-state index contributed by atoms with van der Waals surface area (Å²) >= 11 is 3.47. The predicted molar refractivity (Wildman–Crippen MR) is 95.7 cm³/mol. The van der Waals surface area contributed by atoms with E-state index in [4.69, 9.17) is 9.15 Å². The van der Waals surface area contributed by atoms with Gasteiger partial charge in [-0.25, -0.2) is 4.39 Å². The smallest absolute Gasteiger partial charge is 0.248 e. The van der Waals surface area contributed by atoms with Gasteiger partial charge in [-0.2, -0.15) is 0 Å². The molecule has 5 nitrogen and oxygen atoms in total. The summed E-state index contributed by atoms with van der Waals surface area (Å²) in [6.45, 7) is 1.45. The summed E-state index contributed by atoms with van der Waals surface area (Å²) in [5, 5.41) is 8.16. The third kappa shape index (κ3) is 4.64. The Kier molecular flexibility index (Phi) is 5.78. The summed E-state index contributed by atoms with van der Waals surface area (Å²) in [6.07, 6.45) is 0. The molecule has 0 aliphatic rings. The first-order valence-electron chi connectivity index (χ1n) is 7.76. The highest BCUT2D eigenvalue weighted by Crippen LogP contribution is 2.26. The zero-order valence-electron chi connectivity index (χ0n) is 13.7. The molecule has 25 heavy (non-hydrogen) atoms. The average Bonchev–Trinajstić information content (AvgIpc) is 3.05. The van der Waals surface area contributed by atoms with E-state index in [-0.39, 0.29) is 11.6 Å². The number of rotatable bonds is 7. The fourth-order valence-corrected chi connectivity index (χ4v) is 2.70. The van der Waals surface area contributed by atoms with Crippen molar-refractivity contribution >= 4 is 15.9 Å². The van der Waals surface area contributed by atoms with Crippen molar-refractivity contribution in [1.29, 1.82) is 0 Å². The molecule has 0 amide bonds. The molecule has 0 unspecified atom stereocenters. The summed E-state index contributed by atoms with van der Waals surface area (Å²) in [4.78, 5) is 1.97. The van der Waals surface area contributed by atoms with Gasteiger partial charge in [0.25, 0.3) is 0 Å². The van der Waals surface area contributed by atoms with Crippen LogP contribution in [0.15, 0.2) is 57.4 Å². The van der Waals surface area contributed by atoms with Crippen LogP contribution in [-0.4, -0.2) is 35.3 Å². The first kappa shape index (κ1) is 17.6. The van der Waals surface area contributed by atoms with Crippen LogP contribution in [0.3, 0.4) is 0 Å². The third-order valence-electron chi connectivity index (χ3n) is 3.54. The highest BCUT2D eigenvalue weighted by atomic mass is 79.9. The van der Waals surface area contributed by atoms with E-state index in [1.807, 2.05) is 36.2 Å². The Labute approximate surface area is 153 Å². The maximum Gasteiger partial charge on any atom is 0.248 e. The van der Waals surface area contributed by atoms with Crippen LogP contribution in [0.2, 0.25) is 0 Å². The summed E-state index contributed by atoms with van der Waals surface area (Å²) in [7, 11) is 1.91. The minimum atomic E-state index is -0.361. The van der Waals surface area contributed by atoms with E-state index in [1.54, 1.807) is 18.2 Å². The first-order valence-corrected chi connectivity index (χ1v) is 8.56. The Balaban J connectivity index is 1.53. The normalized spacial score (nSPS) is 11.0. The minimum absolute atomic E-state index is 0.255. The zero-order chi connectivity index (χ0) is 17.6. The number of likely N-dealkylation sites (N-methyl/N-ethyl adjacent to an activating group) is 1. The molecule has 0 atom stereocenters. The highest BCUT2D eigenvalue weighted by molar-refractivity contribution is 9.10. The number of nitrogens with zero attached hydrogens (tertiary/aromatic N) is 3. The van der Waals surface area contributed by atoms with Gasteiger partial charge in [0.15, 0.2) is 11.6 Å². The second-order valence-electron chi connectivity index (χ2n) is 5.50. The molecule has 130 valence electrons. The van der Waals surface area contributed by atoms with Crippen molar-refractivity contribution in [3.05, 3.63) is 64.7 Å². The number of para-hydroxylation sites is 1. The van der Waals surface area contributed by atoms with Crippen LogP contribution >= 0.6 is 15.9 Å². The quantitative estimate of drug-likeness (QED) is 0.590. The Morgan fingerprint density at radius 1 is 1.12 bits per heavy atom. The van der Waals surface area contributed by atoms with Crippen LogP contribution in [0.1, 0.15) is 5.89 Å². The molecule has 0 N–H and O–H groups in total. The van der Waals surface area contributed by atoms with Gasteiger partial charge in [-0.3, -0.25) is 4.90 Å². The van der Waals surface area contributed by atoms with Gasteiger partial charge < -0.3 is 9.15 Å². The van der Waals surface area contributed by atoms with Gasteiger partial charge in [0.05, 0.1) is 12.1 Å². The Morgan fingerprint density at radius 2 is 1.88 bits per heavy atom. The summed E-state index contributed by atoms with van der Waals surface area (Å²) in [5.74, 6) is 0.877. The molecule has 3 rings (SSSR count). The standard InChI is InChI=1S/C18H17BrFN3O2/c1-23(10-11-24-16-9-5-4-8-15(16)20)12-17-21-22-18(25-17)13-6-2-3-7-14(13)19/h2-9H,10-12H2,1H3. The molecule has 0 bridgehead atoms. The highest BCUT2D eigenvalue weighted by Gasteiger charge is 2.13. The van der Waals surface area contributed by atoms with Crippen molar-refractivity contribution < 1.29 is 13.5 Å². The van der Waals surface area contributed by atoms with Gasteiger partial charge in [-0.1, -0.05) is 24.3 Å². The van der Waals surface area contributed by atoms with Crippen molar-refractivity contribution in [3.63, 3.8) is 0 Å². The van der Waals surface area contributed by atoms with Gasteiger partial charge in [-0.05, 0) is 47.2 Å². The molecular weight excluding hydrogens is 389 g/mol. The summed E-state index contributed by atoms with van der Waals surface area (Å²) < 4.78 is 25.5. The van der Waals surface area contributed by atoms with Crippen LogP contribution in [0.25, 0.3) is 11.5 Å². The van der Waals surface area contributed by atoms with Crippen LogP contribution in [0.5, 0.6) is 5.75 Å². The van der Waals surface area contributed by atoms with Gasteiger partial charge in [-0.15, -0.1) is 10.2 Å². The molecule has 0 aliphatic heterocycles. The molecule has 3 aromatic rings. The van der Waals surface area contributed by atoms with E-state index in [9.17, 15) is 4.39 Å². The van der Waals surface area contributed by atoms with Gasteiger partial charge in [0, 0.05) is 11.0 Å². The number of benzene rings is 2. The van der Waals surface area contributed by atoms with Crippen LogP contribution in [0.4, 0.5) is 4.39 Å². The van der Waals surface area contributed by atoms with Crippen LogP contribution in [-0.2, 0) is 6.54 Å². The molecular formula is C18H17BrFN3O2. The van der Waals surface area contributed by atoms with Crippen LogP contribution < -0.4 is 4.74 Å². The van der Waals surface area contributed by atoms with E-state index >= 15 is 0 Å². The maximum absolute atomic E-state index is 13.5. The number of halogens is 2. The van der Waals surface area contributed by atoms with Crippen LogP contribution in [0, 0.1) is 5.82 Å². The molecule has 0 spiro atoms. The molecule has 0 saturated heterocycles. The predicted octanol–water partition coefficient (Wildman–Crippen LogP) is 4.15. The largest absolute Gasteiger partial charge is 0.489 e. The van der Waals surface area contributed by atoms with E-state index in [0.29, 0.717) is 31.5 Å². The molecule has 0 radical (unpaired) electrons. The molecule has 0 aliphatic carbocycles. The first-order chi connectivity index (χ1) is 12.1. The van der Waals surface area contributed by atoms with E-state index in [0.717, 1.165) is 10.0 Å². The Hall–Kier alpha value is -2.25. The second kappa shape index (κ2) is 8.22. The fraction of sp³-hybridized carbons (Fsp3) is 0.222.